The van der Waals surface area contributed by atoms with E-state index in [1.54, 1.807) is 13.1 Å². The zero-order chi connectivity index (χ0) is 21.1. The number of H-pyrrole nitrogens is 1. The van der Waals surface area contributed by atoms with Crippen molar-refractivity contribution in [2.75, 3.05) is 5.43 Å². The molecule has 8 nitrogen and oxygen atoms in total. The average molecular weight is 399 g/mol. The van der Waals surface area contributed by atoms with Gasteiger partial charge in [-0.3, -0.25) is 9.78 Å². The molecule has 0 spiro atoms. The summed E-state index contributed by atoms with van der Waals surface area (Å²) < 4.78 is 1.82. The predicted molar refractivity (Wildman–Crippen MR) is 117 cm³/mol. The second kappa shape index (κ2) is 8.12. The minimum atomic E-state index is -0.310. The van der Waals surface area contributed by atoms with Gasteiger partial charge < -0.3 is 0 Å². The fourth-order valence-electron chi connectivity index (χ4n) is 3.09. The Hall–Kier alpha value is -4.07. The van der Waals surface area contributed by atoms with Gasteiger partial charge in [0, 0.05) is 17.3 Å². The van der Waals surface area contributed by atoms with Crippen molar-refractivity contribution in [1.82, 2.24) is 25.0 Å². The lowest BCUT2D eigenvalue weighted by Crippen LogP contribution is -2.15. The zero-order valence-electron chi connectivity index (χ0n) is 16.9. The second-order valence-electron chi connectivity index (χ2n) is 6.99. The molecule has 2 aromatic heterocycles. The molecule has 30 heavy (non-hydrogen) atoms. The highest BCUT2D eigenvalue weighted by molar-refractivity contribution is 5.89. The first-order valence-electron chi connectivity index (χ1n) is 9.46. The second-order valence-corrected chi connectivity index (χ2v) is 6.99. The third-order valence-corrected chi connectivity index (χ3v) is 4.63. The van der Waals surface area contributed by atoms with Crippen molar-refractivity contribution in [3.63, 3.8) is 0 Å². The molecule has 4 aromatic rings. The molecule has 0 fully saturated rings. The Balaban J connectivity index is 1.72. The Morgan fingerprint density at radius 2 is 1.87 bits per heavy atom. The zero-order valence-corrected chi connectivity index (χ0v) is 16.9. The lowest BCUT2D eigenvalue weighted by Gasteiger charge is -2.05. The molecule has 150 valence electrons. The lowest BCUT2D eigenvalue weighted by atomic mass is 10.0. The van der Waals surface area contributed by atoms with Crippen LogP contribution in [0.1, 0.15) is 22.4 Å². The number of hydrogen-bond donors (Lipinski definition) is 2. The maximum absolute atomic E-state index is 11.7. The van der Waals surface area contributed by atoms with Gasteiger partial charge in [-0.25, -0.2) is 10.1 Å². The van der Waals surface area contributed by atoms with Gasteiger partial charge in [-0.2, -0.15) is 10.2 Å². The molecule has 0 saturated heterocycles. The van der Waals surface area contributed by atoms with Crippen LogP contribution < -0.4 is 11.0 Å². The van der Waals surface area contributed by atoms with E-state index in [9.17, 15) is 4.79 Å². The van der Waals surface area contributed by atoms with E-state index in [-0.39, 0.29) is 11.5 Å². The fourth-order valence-corrected chi connectivity index (χ4v) is 3.09. The molecule has 0 radical (unpaired) electrons. The van der Waals surface area contributed by atoms with Crippen LogP contribution in [0.5, 0.6) is 0 Å². The summed E-state index contributed by atoms with van der Waals surface area (Å²) in [5.74, 6) is 0.172. The predicted octanol–water partition coefficient (Wildman–Crippen LogP) is 3.39. The number of nitrogens with one attached hydrogen (secondary N) is 2. The van der Waals surface area contributed by atoms with E-state index in [2.05, 4.69) is 57.8 Å². The number of rotatable bonds is 5. The standard InChI is InChI=1S/C22H21N7O/c1-14-9-10-19(15(2)11-14)20-17(13-29(28-20)18-7-5-4-6-8-18)12-23-26-22-24-21(30)16(3)25-27-22/h4-13H,1-3H3,(H2,24,26,27,30)/b23-12-. The molecule has 0 aliphatic carbocycles. The van der Waals surface area contributed by atoms with Crippen molar-refractivity contribution in [2.24, 2.45) is 5.10 Å². The van der Waals surface area contributed by atoms with E-state index < -0.39 is 0 Å². The van der Waals surface area contributed by atoms with Crippen molar-refractivity contribution < 1.29 is 0 Å². The minimum Gasteiger partial charge on any atom is -0.288 e. The summed E-state index contributed by atoms with van der Waals surface area (Å²) in [4.78, 5) is 14.3. The first-order valence-corrected chi connectivity index (χ1v) is 9.46. The van der Waals surface area contributed by atoms with Gasteiger partial charge in [-0.15, -0.1) is 10.2 Å². The van der Waals surface area contributed by atoms with Crippen LogP contribution in [0, 0.1) is 20.8 Å². The van der Waals surface area contributed by atoms with Crippen molar-refractivity contribution in [2.45, 2.75) is 20.8 Å². The average Bonchev–Trinajstić information content (AvgIpc) is 3.15. The van der Waals surface area contributed by atoms with Gasteiger partial charge in [0.15, 0.2) is 0 Å². The third-order valence-electron chi connectivity index (χ3n) is 4.63. The van der Waals surface area contributed by atoms with E-state index in [0.29, 0.717) is 5.69 Å². The van der Waals surface area contributed by atoms with E-state index >= 15 is 0 Å². The van der Waals surface area contributed by atoms with Gasteiger partial charge in [0.25, 0.3) is 5.56 Å². The molecule has 0 aliphatic heterocycles. The van der Waals surface area contributed by atoms with Crippen molar-refractivity contribution in [3.05, 3.63) is 87.5 Å². The number of hydrazone groups is 1. The number of aromatic nitrogens is 5. The van der Waals surface area contributed by atoms with Crippen LogP contribution in [0.15, 0.2) is 64.6 Å². The van der Waals surface area contributed by atoms with E-state index in [0.717, 1.165) is 28.1 Å². The first kappa shape index (κ1) is 19.3. The molecule has 0 atom stereocenters. The largest absolute Gasteiger partial charge is 0.288 e. The molecule has 0 saturated carbocycles. The number of para-hydroxylation sites is 1. The van der Waals surface area contributed by atoms with Gasteiger partial charge >= 0.3 is 0 Å². The summed E-state index contributed by atoms with van der Waals surface area (Å²) in [5.41, 5.74) is 8.63. The summed E-state index contributed by atoms with van der Waals surface area (Å²) in [6.07, 6.45) is 3.57. The number of anilines is 1. The van der Waals surface area contributed by atoms with Gasteiger partial charge in [-0.1, -0.05) is 42.0 Å². The number of nitrogens with zero attached hydrogens (tertiary/aromatic N) is 5. The Morgan fingerprint density at radius 1 is 1.07 bits per heavy atom. The summed E-state index contributed by atoms with van der Waals surface area (Å²) in [5, 5.41) is 16.7. The van der Waals surface area contributed by atoms with E-state index in [1.807, 2.05) is 41.2 Å². The summed E-state index contributed by atoms with van der Waals surface area (Å²) in [7, 11) is 0. The van der Waals surface area contributed by atoms with Crippen LogP contribution in [0.4, 0.5) is 5.95 Å². The van der Waals surface area contributed by atoms with Crippen molar-refractivity contribution in [3.8, 4) is 16.9 Å². The van der Waals surface area contributed by atoms with Crippen LogP contribution in [-0.4, -0.2) is 31.2 Å². The number of aryl methyl sites for hydroxylation is 3. The number of hydrogen-bond acceptors (Lipinski definition) is 6. The third kappa shape index (κ3) is 4.02. The normalized spacial score (nSPS) is 11.2. The number of benzene rings is 2. The maximum Gasteiger partial charge on any atom is 0.274 e. The quantitative estimate of drug-likeness (QED) is 0.396. The monoisotopic (exact) mass is 399 g/mol. The molecule has 0 unspecified atom stereocenters. The van der Waals surface area contributed by atoms with Crippen LogP contribution in [0.25, 0.3) is 16.9 Å². The maximum atomic E-state index is 11.7. The highest BCUT2D eigenvalue weighted by Crippen LogP contribution is 2.26. The fraction of sp³-hybridized carbons (Fsp3) is 0.136. The highest BCUT2D eigenvalue weighted by atomic mass is 16.1. The van der Waals surface area contributed by atoms with Crippen LogP contribution >= 0.6 is 0 Å². The lowest BCUT2D eigenvalue weighted by molar-refractivity contribution is 0.884. The number of aromatic amines is 1. The van der Waals surface area contributed by atoms with Crippen LogP contribution in [-0.2, 0) is 0 Å². The Morgan fingerprint density at radius 3 is 2.60 bits per heavy atom. The molecule has 4 rings (SSSR count). The summed E-state index contributed by atoms with van der Waals surface area (Å²) >= 11 is 0. The van der Waals surface area contributed by atoms with Gasteiger partial charge in [0.1, 0.15) is 11.4 Å². The summed E-state index contributed by atoms with van der Waals surface area (Å²) in [6, 6.07) is 16.1. The molecule has 0 bridgehead atoms. The minimum absolute atomic E-state index is 0.172. The Labute approximate surface area is 173 Å². The molecule has 2 N–H and O–H groups in total. The van der Waals surface area contributed by atoms with Crippen LogP contribution in [0.2, 0.25) is 0 Å². The smallest absolute Gasteiger partial charge is 0.274 e. The molecule has 0 aliphatic rings. The van der Waals surface area contributed by atoms with Crippen molar-refractivity contribution >= 4 is 12.2 Å². The first-order chi connectivity index (χ1) is 14.5. The molecule has 0 amide bonds. The molecular formula is C22H21N7O. The van der Waals surface area contributed by atoms with Gasteiger partial charge in [0.2, 0.25) is 5.95 Å². The van der Waals surface area contributed by atoms with Gasteiger partial charge in [-0.05, 0) is 38.5 Å². The SMILES string of the molecule is Cc1ccc(-c2nn(-c3ccccc3)cc2/C=N\Nc2nnc(C)c(=O)[nH]2)c(C)c1. The molecule has 8 heteroatoms. The molecule has 2 aromatic carbocycles. The van der Waals surface area contributed by atoms with E-state index in [4.69, 9.17) is 5.10 Å². The Kier molecular flexibility index (Phi) is 5.21. The highest BCUT2D eigenvalue weighted by Gasteiger charge is 2.13. The van der Waals surface area contributed by atoms with Crippen LogP contribution in [0.3, 0.4) is 0 Å². The summed E-state index contributed by atoms with van der Waals surface area (Å²) in [6.45, 7) is 5.72. The molecule has 2 heterocycles. The van der Waals surface area contributed by atoms with Crippen molar-refractivity contribution in [1.29, 1.82) is 0 Å². The topological polar surface area (TPSA) is 101 Å². The Bertz CT molecular complexity index is 1270. The van der Waals surface area contributed by atoms with Gasteiger partial charge in [0.05, 0.1) is 11.9 Å². The molecular weight excluding hydrogens is 378 g/mol. The van der Waals surface area contributed by atoms with E-state index in [1.165, 1.54) is 5.56 Å².